The monoisotopic (exact) mass is 255 g/mol. The largest absolute Gasteiger partial charge is 0.508 e. The van der Waals surface area contributed by atoms with Gasteiger partial charge in [0.1, 0.15) is 10.6 Å². The normalized spacial score (nSPS) is 10.8. The molecule has 0 radical (unpaired) electrons. The Morgan fingerprint density at radius 2 is 1.76 bits per heavy atom. The van der Waals surface area contributed by atoms with E-state index in [1.807, 2.05) is 0 Å². The quantitative estimate of drug-likeness (QED) is 0.668. The van der Waals surface area contributed by atoms with E-state index in [1.54, 1.807) is 12.1 Å². The van der Waals surface area contributed by atoms with E-state index in [0.717, 1.165) is 0 Å². The molecular formula is C11H13NO4S. The van der Waals surface area contributed by atoms with Crippen LogP contribution in [0.4, 0.5) is 0 Å². The highest BCUT2D eigenvalue weighted by atomic mass is 32.2. The van der Waals surface area contributed by atoms with Gasteiger partial charge in [-0.15, -0.1) is 0 Å². The summed E-state index contributed by atoms with van der Waals surface area (Å²) in [6.07, 6.45) is 0. The van der Waals surface area contributed by atoms with Gasteiger partial charge < -0.3 is 10.8 Å². The van der Waals surface area contributed by atoms with Gasteiger partial charge in [-0.3, -0.25) is 4.55 Å². The fraction of sp³-hybridized carbons (Fsp3) is 0.0909. The highest BCUT2D eigenvalue weighted by Gasteiger charge is 2.13. The molecule has 0 aliphatic heterocycles. The smallest absolute Gasteiger partial charge is 0.295 e. The molecule has 5 nitrogen and oxygen atoms in total. The predicted molar refractivity (Wildman–Crippen MR) is 65.5 cm³/mol. The summed E-state index contributed by atoms with van der Waals surface area (Å²) >= 11 is 0. The maximum Gasteiger partial charge on any atom is 0.295 e. The zero-order valence-corrected chi connectivity index (χ0v) is 9.98. The first kappa shape index (κ1) is 13.4. The lowest BCUT2D eigenvalue weighted by Crippen LogP contribution is -1.98. The third-order valence-electron chi connectivity index (χ3n) is 2.10. The first-order valence-electron chi connectivity index (χ1n) is 4.75. The third kappa shape index (κ3) is 2.94. The fourth-order valence-electron chi connectivity index (χ4n) is 1.46. The molecule has 6 heteroatoms. The van der Waals surface area contributed by atoms with Crippen molar-refractivity contribution in [1.29, 1.82) is 0 Å². The Morgan fingerprint density at radius 3 is 2.35 bits per heavy atom. The summed E-state index contributed by atoms with van der Waals surface area (Å²) in [5, 5.41) is 10.2. The minimum atomic E-state index is -4.26. The van der Waals surface area contributed by atoms with Gasteiger partial charge in [-0.05, 0) is 30.6 Å². The standard InChI is InChI=1S/C10H8O4S.CH5N/c11-8-5-4-7-2-1-3-10(9(7)6-8)15(12,13)14;1-2/h1-6,11H,(H,12,13,14);2H2,1H3. The molecule has 2 rings (SSSR count). The molecule has 0 amide bonds. The molecule has 17 heavy (non-hydrogen) atoms. The van der Waals surface area contributed by atoms with Gasteiger partial charge in [0.05, 0.1) is 0 Å². The Balaban J connectivity index is 0.000000686. The van der Waals surface area contributed by atoms with Gasteiger partial charge in [-0.2, -0.15) is 8.42 Å². The Hall–Kier alpha value is -1.63. The lowest BCUT2D eigenvalue weighted by Gasteiger charge is -2.03. The van der Waals surface area contributed by atoms with Crippen LogP contribution in [0, 0.1) is 0 Å². The van der Waals surface area contributed by atoms with Crippen molar-refractivity contribution < 1.29 is 18.1 Å². The number of benzene rings is 2. The van der Waals surface area contributed by atoms with E-state index in [9.17, 15) is 13.5 Å². The lowest BCUT2D eigenvalue weighted by molar-refractivity contribution is 0.476. The second kappa shape index (κ2) is 5.13. The van der Waals surface area contributed by atoms with E-state index in [2.05, 4.69) is 5.73 Å². The van der Waals surface area contributed by atoms with Crippen molar-refractivity contribution in [3.8, 4) is 5.75 Å². The van der Waals surface area contributed by atoms with E-state index in [4.69, 9.17) is 4.55 Å². The van der Waals surface area contributed by atoms with Crippen molar-refractivity contribution in [2.45, 2.75) is 4.90 Å². The Bertz CT molecular complexity index is 622. The van der Waals surface area contributed by atoms with Crippen molar-refractivity contribution in [3.63, 3.8) is 0 Å². The molecule has 0 fully saturated rings. The molecule has 4 N–H and O–H groups in total. The summed E-state index contributed by atoms with van der Waals surface area (Å²) in [5.74, 6) is -0.0430. The summed E-state index contributed by atoms with van der Waals surface area (Å²) in [6.45, 7) is 0. The number of aromatic hydroxyl groups is 1. The number of nitrogens with two attached hydrogens (primary N) is 1. The summed E-state index contributed by atoms with van der Waals surface area (Å²) in [5.41, 5.74) is 4.50. The van der Waals surface area contributed by atoms with Crippen LogP contribution >= 0.6 is 0 Å². The topological polar surface area (TPSA) is 101 Å². The molecular weight excluding hydrogens is 242 g/mol. The number of rotatable bonds is 1. The molecule has 0 aromatic heterocycles. The Kier molecular flexibility index (Phi) is 4.06. The molecule has 0 aliphatic rings. The lowest BCUT2D eigenvalue weighted by atomic mass is 10.1. The Labute approximate surface area is 99.2 Å². The second-order valence-electron chi connectivity index (χ2n) is 3.14. The van der Waals surface area contributed by atoms with Crippen LogP contribution in [0.1, 0.15) is 0 Å². The number of phenolic OH excluding ortho intramolecular Hbond substituents is 1. The van der Waals surface area contributed by atoms with Crippen LogP contribution < -0.4 is 5.73 Å². The van der Waals surface area contributed by atoms with Gasteiger partial charge >= 0.3 is 0 Å². The van der Waals surface area contributed by atoms with Crippen LogP contribution in [0.2, 0.25) is 0 Å². The van der Waals surface area contributed by atoms with Crippen LogP contribution in [0.15, 0.2) is 41.3 Å². The predicted octanol–water partition coefficient (Wildman–Crippen LogP) is 1.37. The van der Waals surface area contributed by atoms with E-state index < -0.39 is 10.1 Å². The van der Waals surface area contributed by atoms with Crippen molar-refractivity contribution in [2.75, 3.05) is 7.05 Å². The first-order valence-corrected chi connectivity index (χ1v) is 6.19. The van der Waals surface area contributed by atoms with Crippen molar-refractivity contribution in [3.05, 3.63) is 36.4 Å². The molecule has 2 aromatic carbocycles. The first-order chi connectivity index (χ1) is 7.98. The molecule has 0 atom stereocenters. The van der Waals surface area contributed by atoms with Crippen LogP contribution in [0.3, 0.4) is 0 Å². The molecule has 92 valence electrons. The SMILES string of the molecule is CN.O=S(=O)(O)c1cccc2ccc(O)cc12. The van der Waals surface area contributed by atoms with Gasteiger partial charge in [0.2, 0.25) is 0 Å². The summed E-state index contributed by atoms with van der Waals surface area (Å²) in [4.78, 5) is -0.198. The average molecular weight is 255 g/mol. The van der Waals surface area contributed by atoms with Gasteiger partial charge in [-0.1, -0.05) is 18.2 Å². The fourth-order valence-corrected chi connectivity index (χ4v) is 2.16. The maximum absolute atomic E-state index is 11.0. The minimum Gasteiger partial charge on any atom is -0.508 e. The second-order valence-corrected chi connectivity index (χ2v) is 4.53. The molecule has 0 spiro atoms. The molecule has 0 bridgehead atoms. The summed E-state index contributed by atoms with van der Waals surface area (Å²) < 4.78 is 31.0. The van der Waals surface area contributed by atoms with Gasteiger partial charge in [0.25, 0.3) is 10.1 Å². The van der Waals surface area contributed by atoms with Crippen molar-refractivity contribution in [1.82, 2.24) is 0 Å². The number of phenols is 1. The third-order valence-corrected chi connectivity index (χ3v) is 3.02. The number of hydrogen-bond acceptors (Lipinski definition) is 4. The summed E-state index contributed by atoms with van der Waals surface area (Å²) in [7, 11) is -2.76. The minimum absolute atomic E-state index is 0.0430. The molecule has 0 saturated carbocycles. The zero-order chi connectivity index (χ0) is 13.1. The highest BCUT2D eigenvalue weighted by Crippen LogP contribution is 2.26. The van der Waals surface area contributed by atoms with Crippen molar-refractivity contribution >= 4 is 20.9 Å². The maximum atomic E-state index is 11.0. The number of fused-ring (bicyclic) bond motifs is 1. The van der Waals surface area contributed by atoms with Crippen LogP contribution in [0.25, 0.3) is 10.8 Å². The highest BCUT2D eigenvalue weighted by molar-refractivity contribution is 7.86. The Morgan fingerprint density at radius 1 is 1.12 bits per heavy atom. The molecule has 0 unspecified atom stereocenters. The van der Waals surface area contributed by atoms with Crippen LogP contribution in [-0.2, 0) is 10.1 Å². The van der Waals surface area contributed by atoms with Gasteiger partial charge in [0.15, 0.2) is 0 Å². The van der Waals surface area contributed by atoms with E-state index in [1.165, 1.54) is 31.3 Å². The molecule has 0 aliphatic carbocycles. The van der Waals surface area contributed by atoms with E-state index in [-0.39, 0.29) is 10.6 Å². The molecule has 2 aromatic rings. The summed E-state index contributed by atoms with van der Waals surface area (Å²) in [6, 6.07) is 8.86. The van der Waals surface area contributed by atoms with Crippen LogP contribution in [-0.4, -0.2) is 25.1 Å². The van der Waals surface area contributed by atoms with Crippen LogP contribution in [0.5, 0.6) is 5.75 Å². The van der Waals surface area contributed by atoms with Gasteiger partial charge in [0, 0.05) is 5.39 Å². The van der Waals surface area contributed by atoms with E-state index in [0.29, 0.717) is 10.8 Å². The van der Waals surface area contributed by atoms with E-state index >= 15 is 0 Å². The zero-order valence-electron chi connectivity index (χ0n) is 9.16. The number of hydrogen-bond donors (Lipinski definition) is 3. The molecule has 0 saturated heterocycles. The van der Waals surface area contributed by atoms with Crippen molar-refractivity contribution in [2.24, 2.45) is 5.73 Å². The average Bonchev–Trinajstić information content (AvgIpc) is 2.29. The van der Waals surface area contributed by atoms with Gasteiger partial charge in [-0.25, -0.2) is 0 Å². The molecule has 0 heterocycles.